The maximum absolute atomic E-state index is 12.0. The Morgan fingerprint density at radius 3 is 2.72 bits per heavy atom. The van der Waals surface area contributed by atoms with Crippen LogP contribution in [0.4, 0.5) is 0 Å². The van der Waals surface area contributed by atoms with Gasteiger partial charge in [0.05, 0.1) is 12.5 Å². The lowest BCUT2D eigenvalue weighted by Crippen LogP contribution is -2.26. The first-order valence-electron chi connectivity index (χ1n) is 5.44. The van der Waals surface area contributed by atoms with Gasteiger partial charge in [0.1, 0.15) is 10.6 Å². The Morgan fingerprint density at radius 1 is 1.39 bits per heavy atom. The third kappa shape index (κ3) is 2.62. The van der Waals surface area contributed by atoms with E-state index in [0.29, 0.717) is 24.4 Å². The molecule has 0 spiro atoms. The van der Waals surface area contributed by atoms with Crippen LogP contribution in [0.15, 0.2) is 32.4 Å². The van der Waals surface area contributed by atoms with Crippen LogP contribution in [0, 0.1) is 13.8 Å². The minimum Gasteiger partial charge on any atom is -0.472 e. The second kappa shape index (κ2) is 4.95. The van der Waals surface area contributed by atoms with Gasteiger partial charge in [-0.3, -0.25) is 0 Å². The van der Waals surface area contributed by atoms with Crippen molar-refractivity contribution < 1.29 is 17.4 Å². The first-order chi connectivity index (χ1) is 8.50. The van der Waals surface area contributed by atoms with Gasteiger partial charge in [0.15, 0.2) is 5.76 Å². The van der Waals surface area contributed by atoms with Gasteiger partial charge in [0.25, 0.3) is 0 Å². The third-order valence-electron chi connectivity index (χ3n) is 2.52. The van der Waals surface area contributed by atoms with Crippen molar-refractivity contribution in [2.75, 3.05) is 6.54 Å². The van der Waals surface area contributed by atoms with Crippen molar-refractivity contribution in [3.8, 4) is 0 Å². The van der Waals surface area contributed by atoms with Gasteiger partial charge >= 0.3 is 0 Å². The molecule has 0 atom stereocenters. The van der Waals surface area contributed by atoms with Crippen LogP contribution in [-0.2, 0) is 16.4 Å². The molecule has 0 aliphatic rings. The zero-order valence-corrected chi connectivity index (χ0v) is 11.0. The van der Waals surface area contributed by atoms with E-state index in [2.05, 4.69) is 9.88 Å². The number of aromatic nitrogens is 1. The molecule has 0 saturated heterocycles. The summed E-state index contributed by atoms with van der Waals surface area (Å²) >= 11 is 0. The van der Waals surface area contributed by atoms with Gasteiger partial charge in [-0.1, -0.05) is 5.16 Å². The molecule has 1 N–H and O–H groups in total. The second-order valence-electron chi connectivity index (χ2n) is 3.93. The first kappa shape index (κ1) is 12.8. The second-order valence-corrected chi connectivity index (χ2v) is 5.64. The van der Waals surface area contributed by atoms with E-state index in [1.165, 1.54) is 0 Å². The molecule has 6 nitrogen and oxygen atoms in total. The smallest absolute Gasteiger partial charge is 0.245 e. The Bertz CT molecular complexity index is 594. The minimum absolute atomic E-state index is 0.120. The highest BCUT2D eigenvalue weighted by molar-refractivity contribution is 7.89. The Labute approximate surface area is 105 Å². The van der Waals surface area contributed by atoms with Crippen molar-refractivity contribution in [1.29, 1.82) is 0 Å². The number of rotatable bonds is 5. The van der Waals surface area contributed by atoms with Crippen LogP contribution in [-0.4, -0.2) is 20.1 Å². The molecule has 98 valence electrons. The van der Waals surface area contributed by atoms with Crippen molar-refractivity contribution in [3.05, 3.63) is 35.6 Å². The molecule has 0 aromatic carbocycles. The Balaban J connectivity index is 2.04. The van der Waals surface area contributed by atoms with E-state index >= 15 is 0 Å². The number of hydrogen-bond donors (Lipinski definition) is 1. The minimum atomic E-state index is -3.57. The summed E-state index contributed by atoms with van der Waals surface area (Å²) in [6.07, 6.45) is 3.71. The Hall–Kier alpha value is -1.60. The van der Waals surface area contributed by atoms with Crippen LogP contribution in [0.3, 0.4) is 0 Å². The molecule has 0 aliphatic carbocycles. The van der Waals surface area contributed by atoms with Crippen LogP contribution in [0.1, 0.15) is 17.0 Å². The van der Waals surface area contributed by atoms with Crippen molar-refractivity contribution in [2.24, 2.45) is 0 Å². The first-order valence-corrected chi connectivity index (χ1v) is 6.92. The molecule has 0 radical (unpaired) electrons. The van der Waals surface area contributed by atoms with Crippen molar-refractivity contribution in [3.63, 3.8) is 0 Å². The maximum Gasteiger partial charge on any atom is 0.245 e. The van der Waals surface area contributed by atoms with Gasteiger partial charge < -0.3 is 8.94 Å². The predicted molar refractivity (Wildman–Crippen MR) is 63.6 cm³/mol. The van der Waals surface area contributed by atoms with Gasteiger partial charge in [0.2, 0.25) is 10.0 Å². The number of sulfonamides is 1. The summed E-state index contributed by atoms with van der Waals surface area (Å²) < 4.78 is 36.3. The van der Waals surface area contributed by atoms with Gasteiger partial charge in [-0.15, -0.1) is 0 Å². The molecule has 2 heterocycles. The lowest BCUT2D eigenvalue weighted by Gasteiger charge is -2.04. The predicted octanol–water partition coefficient (Wildman–Crippen LogP) is 1.41. The van der Waals surface area contributed by atoms with E-state index in [4.69, 9.17) is 8.94 Å². The van der Waals surface area contributed by atoms with E-state index < -0.39 is 10.0 Å². The molecule has 2 rings (SSSR count). The summed E-state index contributed by atoms with van der Waals surface area (Å²) in [6, 6.07) is 1.80. The number of hydrogen-bond acceptors (Lipinski definition) is 5. The molecule has 0 amide bonds. The summed E-state index contributed by atoms with van der Waals surface area (Å²) in [7, 11) is -3.57. The Morgan fingerprint density at radius 2 is 2.17 bits per heavy atom. The van der Waals surface area contributed by atoms with Crippen molar-refractivity contribution in [1.82, 2.24) is 9.88 Å². The van der Waals surface area contributed by atoms with Crippen LogP contribution >= 0.6 is 0 Å². The number of nitrogens with zero attached hydrogens (tertiary/aromatic N) is 1. The van der Waals surface area contributed by atoms with Crippen LogP contribution < -0.4 is 4.72 Å². The highest BCUT2D eigenvalue weighted by atomic mass is 32.2. The SMILES string of the molecule is Cc1noc(C)c1S(=O)(=O)NCCc1ccoc1. The standard InChI is InChI=1S/C11H14N2O4S/c1-8-11(9(2)17-13-8)18(14,15)12-5-3-10-4-6-16-7-10/h4,6-7,12H,3,5H2,1-2H3. The number of nitrogens with one attached hydrogen (secondary N) is 1. The Kier molecular flexibility index (Phi) is 3.53. The number of aryl methyl sites for hydroxylation is 2. The fraction of sp³-hybridized carbons (Fsp3) is 0.364. The molecule has 0 bridgehead atoms. The van der Waals surface area contributed by atoms with E-state index in [-0.39, 0.29) is 4.90 Å². The highest BCUT2D eigenvalue weighted by Gasteiger charge is 2.23. The molecule has 2 aromatic heterocycles. The zero-order valence-electron chi connectivity index (χ0n) is 10.1. The summed E-state index contributed by atoms with van der Waals surface area (Å²) in [4.78, 5) is 0.120. The maximum atomic E-state index is 12.0. The van der Waals surface area contributed by atoms with Crippen LogP contribution in [0.25, 0.3) is 0 Å². The molecular weight excluding hydrogens is 256 g/mol. The quantitative estimate of drug-likeness (QED) is 0.887. The fourth-order valence-electron chi connectivity index (χ4n) is 1.70. The lowest BCUT2D eigenvalue weighted by molar-refractivity contribution is 0.390. The molecule has 2 aromatic rings. The molecule has 0 aliphatic heterocycles. The molecule has 0 unspecified atom stereocenters. The van der Waals surface area contributed by atoms with Crippen LogP contribution in [0.5, 0.6) is 0 Å². The fourth-order valence-corrected chi connectivity index (χ4v) is 3.05. The molecular formula is C11H14N2O4S. The van der Waals surface area contributed by atoms with E-state index in [9.17, 15) is 8.42 Å². The van der Waals surface area contributed by atoms with Crippen LogP contribution in [0.2, 0.25) is 0 Å². The van der Waals surface area contributed by atoms with Gasteiger partial charge in [-0.25, -0.2) is 13.1 Å². The van der Waals surface area contributed by atoms with E-state index in [1.807, 2.05) is 0 Å². The summed E-state index contributed by atoms with van der Waals surface area (Å²) in [5.41, 5.74) is 1.31. The molecule has 0 saturated carbocycles. The van der Waals surface area contributed by atoms with Crippen molar-refractivity contribution in [2.45, 2.75) is 25.2 Å². The zero-order chi connectivity index (χ0) is 13.2. The van der Waals surface area contributed by atoms with Gasteiger partial charge in [0, 0.05) is 6.54 Å². The molecule has 18 heavy (non-hydrogen) atoms. The van der Waals surface area contributed by atoms with E-state index in [0.717, 1.165) is 5.56 Å². The molecule has 0 fully saturated rings. The topological polar surface area (TPSA) is 85.3 Å². The van der Waals surface area contributed by atoms with E-state index in [1.54, 1.807) is 32.4 Å². The third-order valence-corrected chi connectivity index (χ3v) is 4.23. The molecule has 7 heteroatoms. The summed E-state index contributed by atoms with van der Waals surface area (Å²) in [5, 5.41) is 3.63. The highest BCUT2D eigenvalue weighted by Crippen LogP contribution is 2.18. The monoisotopic (exact) mass is 270 g/mol. The van der Waals surface area contributed by atoms with Gasteiger partial charge in [-0.2, -0.15) is 0 Å². The number of furan rings is 1. The average Bonchev–Trinajstić information content (AvgIpc) is 2.89. The summed E-state index contributed by atoms with van der Waals surface area (Å²) in [6.45, 7) is 3.47. The lowest BCUT2D eigenvalue weighted by atomic mass is 10.2. The normalized spacial score (nSPS) is 11.9. The summed E-state index contributed by atoms with van der Waals surface area (Å²) in [5.74, 6) is 0.295. The average molecular weight is 270 g/mol. The van der Waals surface area contributed by atoms with Gasteiger partial charge in [-0.05, 0) is 31.9 Å². The largest absolute Gasteiger partial charge is 0.472 e. The van der Waals surface area contributed by atoms with Crippen molar-refractivity contribution >= 4 is 10.0 Å².